The lowest BCUT2D eigenvalue weighted by atomic mass is 10.2. The standard InChI is InChI=1S/C16H15F3N2O3/c1-2-24-13-6-4-3-5-12(13)20-14(22)10-21-9-11(16(17,18)19)7-8-15(21)23/h3-9H,2,10H2,1H3,(H,20,22). The molecule has 0 aliphatic carbocycles. The number of benzene rings is 1. The van der Waals surface area contributed by atoms with Crippen LogP contribution in [-0.4, -0.2) is 17.1 Å². The molecule has 0 aliphatic rings. The number of rotatable bonds is 5. The maximum atomic E-state index is 12.7. The second-order valence-corrected chi connectivity index (χ2v) is 4.86. The minimum atomic E-state index is -4.59. The van der Waals surface area contributed by atoms with Crippen molar-refractivity contribution in [2.75, 3.05) is 11.9 Å². The highest BCUT2D eigenvalue weighted by molar-refractivity contribution is 5.92. The minimum Gasteiger partial charge on any atom is -0.492 e. The Kier molecular flexibility index (Phi) is 5.28. The van der Waals surface area contributed by atoms with Gasteiger partial charge in [0.15, 0.2) is 0 Å². The molecule has 1 amide bonds. The number of hydrogen-bond acceptors (Lipinski definition) is 3. The van der Waals surface area contributed by atoms with Crippen LogP contribution in [0.3, 0.4) is 0 Å². The van der Waals surface area contributed by atoms with Crippen molar-refractivity contribution in [1.29, 1.82) is 0 Å². The molecule has 128 valence electrons. The van der Waals surface area contributed by atoms with Crippen LogP contribution >= 0.6 is 0 Å². The summed E-state index contributed by atoms with van der Waals surface area (Å²) < 4.78 is 44.1. The van der Waals surface area contributed by atoms with Crippen LogP contribution in [0.4, 0.5) is 18.9 Å². The van der Waals surface area contributed by atoms with Crippen molar-refractivity contribution >= 4 is 11.6 Å². The summed E-state index contributed by atoms with van der Waals surface area (Å²) in [6.07, 6.45) is -3.97. The van der Waals surface area contributed by atoms with E-state index in [1.807, 2.05) is 0 Å². The smallest absolute Gasteiger partial charge is 0.417 e. The van der Waals surface area contributed by atoms with Gasteiger partial charge >= 0.3 is 6.18 Å². The second-order valence-electron chi connectivity index (χ2n) is 4.86. The third-order valence-corrected chi connectivity index (χ3v) is 3.09. The van der Waals surface area contributed by atoms with Gasteiger partial charge in [-0.2, -0.15) is 13.2 Å². The molecule has 2 aromatic rings. The van der Waals surface area contributed by atoms with Gasteiger partial charge in [-0.1, -0.05) is 12.1 Å². The number of para-hydroxylation sites is 2. The fraction of sp³-hybridized carbons (Fsp3) is 0.250. The van der Waals surface area contributed by atoms with Gasteiger partial charge in [-0.05, 0) is 25.1 Å². The van der Waals surface area contributed by atoms with Crippen LogP contribution < -0.4 is 15.6 Å². The first-order chi connectivity index (χ1) is 11.3. The first-order valence-electron chi connectivity index (χ1n) is 7.10. The number of anilines is 1. The normalized spacial score (nSPS) is 11.2. The van der Waals surface area contributed by atoms with Crippen LogP contribution in [0.15, 0.2) is 47.4 Å². The zero-order valence-electron chi connectivity index (χ0n) is 12.8. The summed E-state index contributed by atoms with van der Waals surface area (Å²) >= 11 is 0. The quantitative estimate of drug-likeness (QED) is 0.910. The summed E-state index contributed by atoms with van der Waals surface area (Å²) in [5, 5.41) is 2.52. The maximum absolute atomic E-state index is 12.7. The Morgan fingerprint density at radius 1 is 1.21 bits per heavy atom. The first-order valence-corrected chi connectivity index (χ1v) is 7.10. The molecule has 24 heavy (non-hydrogen) atoms. The summed E-state index contributed by atoms with van der Waals surface area (Å²) in [4.78, 5) is 23.7. The number of carbonyl (C=O) groups excluding carboxylic acids is 1. The van der Waals surface area contributed by atoms with Crippen molar-refractivity contribution in [2.45, 2.75) is 19.6 Å². The van der Waals surface area contributed by atoms with Gasteiger partial charge < -0.3 is 14.6 Å². The van der Waals surface area contributed by atoms with Crippen LogP contribution in [0, 0.1) is 0 Å². The van der Waals surface area contributed by atoms with Gasteiger partial charge in [0.1, 0.15) is 12.3 Å². The number of nitrogens with one attached hydrogen (secondary N) is 1. The average Bonchev–Trinajstić information content (AvgIpc) is 2.50. The monoisotopic (exact) mass is 340 g/mol. The topological polar surface area (TPSA) is 60.3 Å². The zero-order valence-corrected chi connectivity index (χ0v) is 12.8. The molecule has 0 aliphatic heterocycles. The summed E-state index contributed by atoms with van der Waals surface area (Å²) in [5.41, 5.74) is -1.31. The highest BCUT2D eigenvalue weighted by Crippen LogP contribution is 2.28. The molecule has 5 nitrogen and oxygen atoms in total. The second kappa shape index (κ2) is 7.20. The third-order valence-electron chi connectivity index (χ3n) is 3.09. The lowest BCUT2D eigenvalue weighted by Crippen LogP contribution is -2.28. The molecule has 0 unspecified atom stereocenters. The fourth-order valence-electron chi connectivity index (χ4n) is 2.02. The molecule has 1 N–H and O–H groups in total. The van der Waals surface area contributed by atoms with E-state index in [0.29, 0.717) is 34.9 Å². The summed E-state index contributed by atoms with van der Waals surface area (Å²) in [7, 11) is 0. The summed E-state index contributed by atoms with van der Waals surface area (Å²) in [5.74, 6) is -0.201. The van der Waals surface area contributed by atoms with E-state index in [1.54, 1.807) is 31.2 Å². The Hall–Kier alpha value is -2.77. The summed E-state index contributed by atoms with van der Waals surface area (Å²) in [6, 6.07) is 8.10. The molecule has 0 saturated carbocycles. The van der Waals surface area contributed by atoms with Crippen LogP contribution in [0.2, 0.25) is 0 Å². The molecule has 0 fully saturated rings. The van der Waals surface area contributed by atoms with Crippen molar-refractivity contribution in [3.05, 3.63) is 58.5 Å². The SMILES string of the molecule is CCOc1ccccc1NC(=O)Cn1cc(C(F)(F)F)ccc1=O. The fourth-order valence-corrected chi connectivity index (χ4v) is 2.02. The van der Waals surface area contributed by atoms with Crippen LogP contribution in [0.25, 0.3) is 0 Å². The third kappa shape index (κ3) is 4.37. The van der Waals surface area contributed by atoms with Crippen molar-refractivity contribution in [3.63, 3.8) is 0 Å². The van der Waals surface area contributed by atoms with E-state index < -0.39 is 29.8 Å². The highest BCUT2D eigenvalue weighted by Gasteiger charge is 2.31. The van der Waals surface area contributed by atoms with E-state index in [1.165, 1.54) is 0 Å². The van der Waals surface area contributed by atoms with Gasteiger partial charge in [-0.15, -0.1) is 0 Å². The van der Waals surface area contributed by atoms with E-state index in [2.05, 4.69) is 5.32 Å². The van der Waals surface area contributed by atoms with E-state index in [0.717, 1.165) is 6.07 Å². The number of pyridine rings is 1. The number of carbonyl (C=O) groups is 1. The van der Waals surface area contributed by atoms with Crippen molar-refractivity contribution < 1.29 is 22.7 Å². The lowest BCUT2D eigenvalue weighted by Gasteiger charge is -2.13. The van der Waals surface area contributed by atoms with Crippen LogP contribution in [-0.2, 0) is 17.5 Å². The van der Waals surface area contributed by atoms with Gasteiger partial charge in [-0.25, -0.2) is 0 Å². The number of aromatic nitrogens is 1. The van der Waals surface area contributed by atoms with Crippen molar-refractivity contribution in [3.8, 4) is 5.75 Å². The Labute approximate surface area is 135 Å². The molecular formula is C16H15F3N2O3. The molecule has 0 bridgehead atoms. The molecule has 2 rings (SSSR count). The van der Waals surface area contributed by atoms with Gasteiger partial charge in [0.25, 0.3) is 5.56 Å². The highest BCUT2D eigenvalue weighted by atomic mass is 19.4. The Bertz CT molecular complexity index is 785. The van der Waals surface area contributed by atoms with E-state index in [4.69, 9.17) is 4.74 Å². The van der Waals surface area contributed by atoms with Gasteiger partial charge in [-0.3, -0.25) is 9.59 Å². The lowest BCUT2D eigenvalue weighted by molar-refractivity contribution is -0.138. The molecule has 8 heteroatoms. The van der Waals surface area contributed by atoms with Gasteiger partial charge in [0, 0.05) is 12.3 Å². The molecule has 0 saturated heterocycles. The average molecular weight is 340 g/mol. The largest absolute Gasteiger partial charge is 0.492 e. The Morgan fingerprint density at radius 2 is 1.92 bits per heavy atom. The maximum Gasteiger partial charge on any atom is 0.417 e. The van der Waals surface area contributed by atoms with E-state index in [9.17, 15) is 22.8 Å². The number of amides is 1. The van der Waals surface area contributed by atoms with Gasteiger partial charge in [0.2, 0.25) is 5.91 Å². The predicted octanol–water partition coefficient (Wildman–Crippen LogP) is 2.90. The molecule has 0 atom stereocenters. The first kappa shape index (κ1) is 17.6. The zero-order chi connectivity index (χ0) is 17.7. The van der Waals surface area contributed by atoms with Crippen LogP contribution in [0.5, 0.6) is 5.75 Å². The number of hydrogen-bond donors (Lipinski definition) is 1. The molecule has 1 aromatic carbocycles. The molecule has 0 radical (unpaired) electrons. The Balaban J connectivity index is 2.17. The molecule has 1 aromatic heterocycles. The van der Waals surface area contributed by atoms with Gasteiger partial charge in [0.05, 0.1) is 17.9 Å². The number of nitrogens with zero attached hydrogens (tertiary/aromatic N) is 1. The predicted molar refractivity (Wildman–Crippen MR) is 81.9 cm³/mol. The Morgan fingerprint density at radius 3 is 2.58 bits per heavy atom. The number of halogens is 3. The summed E-state index contributed by atoms with van der Waals surface area (Å²) in [6.45, 7) is 1.63. The van der Waals surface area contributed by atoms with E-state index in [-0.39, 0.29) is 0 Å². The van der Waals surface area contributed by atoms with E-state index >= 15 is 0 Å². The molecular weight excluding hydrogens is 325 g/mol. The van der Waals surface area contributed by atoms with Crippen molar-refractivity contribution in [2.24, 2.45) is 0 Å². The number of ether oxygens (including phenoxy) is 1. The minimum absolute atomic E-state index is 0.379. The molecule has 1 heterocycles. The van der Waals surface area contributed by atoms with Crippen molar-refractivity contribution in [1.82, 2.24) is 4.57 Å². The number of alkyl halides is 3. The van der Waals surface area contributed by atoms with Crippen LogP contribution in [0.1, 0.15) is 12.5 Å². The molecule has 0 spiro atoms.